The number of ether oxygens (including phenoxy) is 1. The molecular weight excluding hydrogens is 368 g/mol. The van der Waals surface area contributed by atoms with Crippen molar-refractivity contribution in [2.45, 2.75) is 32.2 Å². The van der Waals surface area contributed by atoms with Gasteiger partial charge < -0.3 is 9.64 Å². The average molecular weight is 393 g/mol. The van der Waals surface area contributed by atoms with Crippen LogP contribution in [0.2, 0.25) is 0 Å². The van der Waals surface area contributed by atoms with Gasteiger partial charge in [0.05, 0.1) is 5.69 Å². The lowest BCUT2D eigenvalue weighted by Gasteiger charge is -2.28. The molecule has 0 radical (unpaired) electrons. The highest BCUT2D eigenvalue weighted by Gasteiger charge is 2.33. The van der Waals surface area contributed by atoms with Gasteiger partial charge >= 0.3 is 0 Å². The lowest BCUT2D eigenvalue weighted by Crippen LogP contribution is -2.34. The van der Waals surface area contributed by atoms with Crippen LogP contribution < -0.4 is 9.64 Å². The molecule has 30 heavy (non-hydrogen) atoms. The van der Waals surface area contributed by atoms with Crippen LogP contribution in [0.4, 0.5) is 5.69 Å². The molecule has 0 unspecified atom stereocenters. The van der Waals surface area contributed by atoms with Crippen molar-refractivity contribution in [2.75, 3.05) is 11.4 Å². The van der Waals surface area contributed by atoms with Crippen LogP contribution in [0.15, 0.2) is 72.8 Å². The molecule has 0 N–H and O–H groups in total. The van der Waals surface area contributed by atoms with E-state index in [1.54, 1.807) is 0 Å². The zero-order valence-electron chi connectivity index (χ0n) is 17.1. The van der Waals surface area contributed by atoms with Crippen molar-refractivity contribution in [3.05, 3.63) is 95.2 Å². The molecule has 148 valence electrons. The summed E-state index contributed by atoms with van der Waals surface area (Å²) in [5, 5.41) is 1.21. The Kier molecular flexibility index (Phi) is 4.02. The maximum atomic E-state index is 6.24. The van der Waals surface area contributed by atoms with Crippen LogP contribution in [0.25, 0.3) is 10.9 Å². The van der Waals surface area contributed by atoms with Gasteiger partial charge in [0.25, 0.3) is 0 Å². The predicted octanol–water partition coefficient (Wildman–Crippen LogP) is 5.87. The second kappa shape index (κ2) is 6.88. The Balaban J connectivity index is 1.44. The van der Waals surface area contributed by atoms with Crippen LogP contribution in [0.3, 0.4) is 0 Å². The van der Waals surface area contributed by atoms with Gasteiger partial charge in [-0.3, -0.25) is 0 Å². The fourth-order valence-electron chi connectivity index (χ4n) is 5.19. The van der Waals surface area contributed by atoms with Crippen LogP contribution in [0, 0.1) is 6.92 Å². The monoisotopic (exact) mass is 392 g/mol. The first-order chi connectivity index (χ1) is 14.8. The number of pyridine rings is 1. The Bertz CT molecular complexity index is 1220. The topological polar surface area (TPSA) is 25.4 Å². The first-order valence-electron chi connectivity index (χ1n) is 10.8. The minimum absolute atomic E-state index is 0.521. The SMILES string of the molecule is Cc1nc2c(Oc3ccccc3)cccc2c2c1CCN2C1Cc2ccccc2C1. The van der Waals surface area contributed by atoms with Gasteiger partial charge in [-0.2, -0.15) is 0 Å². The maximum absolute atomic E-state index is 6.24. The summed E-state index contributed by atoms with van der Waals surface area (Å²) in [4.78, 5) is 7.63. The summed E-state index contributed by atoms with van der Waals surface area (Å²) in [7, 11) is 0. The quantitative estimate of drug-likeness (QED) is 0.436. The molecule has 3 heteroatoms. The molecule has 0 saturated carbocycles. The summed E-state index contributed by atoms with van der Waals surface area (Å²) in [5.74, 6) is 1.67. The number of hydrogen-bond acceptors (Lipinski definition) is 3. The van der Waals surface area contributed by atoms with Crippen LogP contribution >= 0.6 is 0 Å². The van der Waals surface area contributed by atoms with Crippen molar-refractivity contribution >= 4 is 16.6 Å². The number of hydrogen-bond donors (Lipinski definition) is 0. The van der Waals surface area contributed by atoms with Gasteiger partial charge in [-0.05, 0) is 61.1 Å². The lowest BCUT2D eigenvalue weighted by atomic mass is 10.0. The van der Waals surface area contributed by atoms with E-state index in [2.05, 4.69) is 48.2 Å². The van der Waals surface area contributed by atoms with Gasteiger partial charge in [0.2, 0.25) is 0 Å². The molecule has 1 aromatic heterocycles. The highest BCUT2D eigenvalue weighted by Crippen LogP contribution is 2.43. The van der Waals surface area contributed by atoms with Crippen LogP contribution in [0.1, 0.15) is 22.4 Å². The number of aromatic nitrogens is 1. The summed E-state index contributed by atoms with van der Waals surface area (Å²) in [6.45, 7) is 3.21. The largest absolute Gasteiger partial charge is 0.455 e. The number of para-hydroxylation sites is 2. The molecule has 3 nitrogen and oxygen atoms in total. The molecule has 0 bridgehead atoms. The first-order valence-corrected chi connectivity index (χ1v) is 10.8. The maximum Gasteiger partial charge on any atom is 0.153 e. The Morgan fingerprint density at radius 3 is 2.37 bits per heavy atom. The van der Waals surface area contributed by atoms with Gasteiger partial charge in [0.1, 0.15) is 11.3 Å². The Morgan fingerprint density at radius 2 is 1.60 bits per heavy atom. The van der Waals surface area contributed by atoms with E-state index in [0.29, 0.717) is 6.04 Å². The van der Waals surface area contributed by atoms with E-state index in [1.165, 1.54) is 27.8 Å². The second-order valence-electron chi connectivity index (χ2n) is 8.37. The third-order valence-corrected chi connectivity index (χ3v) is 6.59. The third-order valence-electron chi connectivity index (χ3n) is 6.59. The highest BCUT2D eigenvalue weighted by molar-refractivity contribution is 5.98. The van der Waals surface area contributed by atoms with Crippen molar-refractivity contribution in [1.82, 2.24) is 4.98 Å². The molecular formula is C27H24N2O. The predicted molar refractivity (Wildman–Crippen MR) is 122 cm³/mol. The minimum Gasteiger partial charge on any atom is -0.455 e. The number of rotatable bonds is 3. The first kappa shape index (κ1) is 17.5. The normalized spacial score (nSPS) is 15.4. The molecule has 1 aliphatic carbocycles. The van der Waals surface area contributed by atoms with Crippen molar-refractivity contribution < 1.29 is 4.74 Å². The Morgan fingerprint density at radius 1 is 0.867 bits per heavy atom. The molecule has 0 saturated heterocycles. The van der Waals surface area contributed by atoms with Crippen molar-refractivity contribution in [2.24, 2.45) is 0 Å². The molecule has 0 fully saturated rings. The summed E-state index contributed by atoms with van der Waals surface area (Å²) in [5.41, 5.74) is 7.85. The van der Waals surface area contributed by atoms with E-state index in [-0.39, 0.29) is 0 Å². The fraction of sp³-hybridized carbons (Fsp3) is 0.222. The van der Waals surface area contributed by atoms with Crippen molar-refractivity contribution in [3.8, 4) is 11.5 Å². The molecule has 2 heterocycles. The van der Waals surface area contributed by atoms with Gasteiger partial charge in [0, 0.05) is 23.7 Å². The molecule has 3 aromatic carbocycles. The van der Waals surface area contributed by atoms with E-state index < -0.39 is 0 Å². The number of anilines is 1. The second-order valence-corrected chi connectivity index (χ2v) is 8.37. The van der Waals surface area contributed by atoms with Crippen LogP contribution in [-0.4, -0.2) is 17.6 Å². The Hall–Kier alpha value is -3.33. The van der Waals surface area contributed by atoms with Gasteiger partial charge in [-0.25, -0.2) is 4.98 Å². The standard InChI is InChI=1S/C27H24N2O/c1-18-23-14-15-29(21-16-19-8-5-6-9-20(19)17-21)27(23)24-12-7-13-25(26(24)28-18)30-22-10-3-2-4-11-22/h2-13,21H,14-17H2,1H3. The van der Waals surface area contributed by atoms with Crippen LogP contribution in [0.5, 0.6) is 11.5 Å². The van der Waals surface area contributed by atoms with Gasteiger partial charge in [-0.15, -0.1) is 0 Å². The third kappa shape index (κ3) is 2.77. The summed E-state index contributed by atoms with van der Waals surface area (Å²) >= 11 is 0. The van der Waals surface area contributed by atoms with E-state index in [0.717, 1.165) is 48.5 Å². The smallest absolute Gasteiger partial charge is 0.153 e. The molecule has 6 rings (SSSR count). The van der Waals surface area contributed by atoms with Crippen molar-refractivity contribution in [3.63, 3.8) is 0 Å². The summed E-state index contributed by atoms with van der Waals surface area (Å²) < 4.78 is 6.24. The lowest BCUT2D eigenvalue weighted by molar-refractivity contribution is 0.487. The minimum atomic E-state index is 0.521. The van der Waals surface area contributed by atoms with Crippen LogP contribution in [-0.2, 0) is 19.3 Å². The van der Waals surface area contributed by atoms with E-state index in [4.69, 9.17) is 9.72 Å². The molecule has 1 aliphatic heterocycles. The average Bonchev–Trinajstić information content (AvgIpc) is 3.40. The van der Waals surface area contributed by atoms with E-state index >= 15 is 0 Å². The van der Waals surface area contributed by atoms with E-state index in [1.807, 2.05) is 36.4 Å². The number of nitrogens with zero attached hydrogens (tertiary/aromatic N) is 2. The number of fused-ring (bicyclic) bond motifs is 4. The highest BCUT2D eigenvalue weighted by atomic mass is 16.5. The summed E-state index contributed by atoms with van der Waals surface area (Å²) in [6, 6.07) is 25.7. The number of benzene rings is 3. The molecule has 2 aliphatic rings. The molecule has 0 atom stereocenters. The van der Waals surface area contributed by atoms with E-state index in [9.17, 15) is 0 Å². The number of aryl methyl sites for hydroxylation is 1. The van der Waals surface area contributed by atoms with Gasteiger partial charge in [-0.1, -0.05) is 54.6 Å². The molecule has 0 spiro atoms. The molecule has 0 amide bonds. The van der Waals surface area contributed by atoms with Gasteiger partial charge in [0.15, 0.2) is 5.75 Å². The summed E-state index contributed by atoms with van der Waals surface area (Å²) in [6.07, 6.45) is 3.32. The zero-order valence-corrected chi connectivity index (χ0v) is 17.1. The zero-order chi connectivity index (χ0) is 20.1. The molecule has 4 aromatic rings. The van der Waals surface area contributed by atoms with Crippen molar-refractivity contribution in [1.29, 1.82) is 0 Å². The fourth-order valence-corrected chi connectivity index (χ4v) is 5.19. The Labute approximate surface area is 176 Å².